The second-order valence-electron chi connectivity index (χ2n) is 4.67. The maximum atomic E-state index is 12.8. The Balaban J connectivity index is 3.08. The molecule has 1 aromatic heterocycles. The van der Waals surface area contributed by atoms with Crippen molar-refractivity contribution in [2.45, 2.75) is 33.0 Å². The number of aliphatic hydroxyl groups is 1. The van der Waals surface area contributed by atoms with Gasteiger partial charge in [-0.15, -0.1) is 0 Å². The number of anilines is 2. The molecule has 0 radical (unpaired) electrons. The lowest BCUT2D eigenvalue weighted by Crippen LogP contribution is -2.30. The largest absolute Gasteiger partial charge is 0.433 e. The lowest BCUT2D eigenvalue weighted by molar-refractivity contribution is -0.141. The van der Waals surface area contributed by atoms with Gasteiger partial charge in [-0.2, -0.15) is 18.2 Å². The van der Waals surface area contributed by atoms with Crippen LogP contribution in [-0.2, 0) is 6.18 Å². The Kier molecular flexibility index (Phi) is 5.55. The van der Waals surface area contributed by atoms with E-state index in [9.17, 15) is 18.3 Å². The highest BCUT2D eigenvalue weighted by atomic mass is 19.4. The van der Waals surface area contributed by atoms with Crippen LogP contribution in [0.4, 0.5) is 24.9 Å². The Morgan fingerprint density at radius 2 is 1.95 bits per heavy atom. The summed E-state index contributed by atoms with van der Waals surface area (Å²) >= 11 is 0. The topological polar surface area (TPSA) is 70.1 Å². The number of nitrogens with one attached hydrogen (secondary N) is 2. The maximum absolute atomic E-state index is 12.8. The molecule has 3 N–H and O–H groups in total. The Morgan fingerprint density at radius 3 is 2.40 bits per heavy atom. The SMILES string of the molecule is CCNc1cc(C(F)(F)F)nc(N[C@H](CO)C(C)C)n1. The van der Waals surface area contributed by atoms with Crippen molar-refractivity contribution in [3.63, 3.8) is 0 Å². The minimum Gasteiger partial charge on any atom is -0.394 e. The predicted molar refractivity (Wildman–Crippen MR) is 70.5 cm³/mol. The summed E-state index contributed by atoms with van der Waals surface area (Å²) in [7, 11) is 0. The molecule has 1 rings (SSSR count). The van der Waals surface area contributed by atoms with E-state index in [2.05, 4.69) is 20.6 Å². The van der Waals surface area contributed by atoms with Crippen LogP contribution in [0, 0.1) is 5.92 Å². The van der Waals surface area contributed by atoms with Gasteiger partial charge >= 0.3 is 6.18 Å². The van der Waals surface area contributed by atoms with E-state index in [1.807, 2.05) is 13.8 Å². The van der Waals surface area contributed by atoms with E-state index in [4.69, 9.17) is 0 Å². The molecule has 0 saturated carbocycles. The van der Waals surface area contributed by atoms with E-state index < -0.39 is 17.9 Å². The third kappa shape index (κ3) is 4.52. The van der Waals surface area contributed by atoms with E-state index in [0.717, 1.165) is 6.07 Å². The van der Waals surface area contributed by atoms with Gasteiger partial charge in [0.15, 0.2) is 5.69 Å². The van der Waals surface area contributed by atoms with E-state index in [0.29, 0.717) is 6.54 Å². The molecule has 0 unspecified atom stereocenters. The molecular weight excluding hydrogens is 273 g/mol. The molecule has 114 valence electrons. The molecule has 1 aromatic rings. The quantitative estimate of drug-likeness (QED) is 0.751. The van der Waals surface area contributed by atoms with Crippen LogP contribution in [0.5, 0.6) is 0 Å². The highest BCUT2D eigenvalue weighted by Gasteiger charge is 2.34. The van der Waals surface area contributed by atoms with Gasteiger partial charge in [-0.3, -0.25) is 0 Å². The van der Waals surface area contributed by atoms with Crippen molar-refractivity contribution in [1.29, 1.82) is 0 Å². The van der Waals surface area contributed by atoms with Crippen LogP contribution >= 0.6 is 0 Å². The van der Waals surface area contributed by atoms with E-state index in [1.54, 1.807) is 6.92 Å². The summed E-state index contributed by atoms with van der Waals surface area (Å²) in [6.07, 6.45) is -4.55. The van der Waals surface area contributed by atoms with Crippen LogP contribution in [0.25, 0.3) is 0 Å². The molecule has 0 amide bonds. The normalized spacial score (nSPS) is 13.4. The summed E-state index contributed by atoms with van der Waals surface area (Å²) in [6, 6.07) is 0.450. The first-order valence-corrected chi connectivity index (χ1v) is 6.35. The van der Waals surface area contributed by atoms with Crippen LogP contribution in [0.2, 0.25) is 0 Å². The van der Waals surface area contributed by atoms with Gasteiger partial charge in [0.25, 0.3) is 0 Å². The highest BCUT2D eigenvalue weighted by molar-refractivity contribution is 5.43. The van der Waals surface area contributed by atoms with Gasteiger partial charge in [0.05, 0.1) is 12.6 Å². The molecule has 0 aliphatic carbocycles. The predicted octanol–water partition coefficient (Wildman–Crippen LogP) is 2.36. The van der Waals surface area contributed by atoms with Gasteiger partial charge in [-0.05, 0) is 12.8 Å². The van der Waals surface area contributed by atoms with E-state index >= 15 is 0 Å². The van der Waals surface area contributed by atoms with Crippen molar-refractivity contribution in [1.82, 2.24) is 9.97 Å². The molecule has 8 heteroatoms. The van der Waals surface area contributed by atoms with Crippen molar-refractivity contribution in [2.24, 2.45) is 5.92 Å². The van der Waals surface area contributed by atoms with Crippen molar-refractivity contribution in [2.75, 3.05) is 23.8 Å². The number of hydrogen-bond donors (Lipinski definition) is 3. The van der Waals surface area contributed by atoms with Crippen molar-refractivity contribution in [3.05, 3.63) is 11.8 Å². The van der Waals surface area contributed by atoms with Crippen LogP contribution in [-0.4, -0.2) is 34.3 Å². The Hall–Kier alpha value is -1.57. The summed E-state index contributed by atoms with van der Waals surface area (Å²) in [6.45, 7) is 5.67. The average molecular weight is 292 g/mol. The fraction of sp³-hybridized carbons (Fsp3) is 0.667. The van der Waals surface area contributed by atoms with Gasteiger partial charge in [-0.25, -0.2) is 4.98 Å². The molecule has 0 aromatic carbocycles. The van der Waals surface area contributed by atoms with E-state index in [1.165, 1.54) is 0 Å². The number of alkyl halides is 3. The molecule has 1 atom stereocenters. The van der Waals surface area contributed by atoms with Gasteiger partial charge in [-0.1, -0.05) is 13.8 Å². The third-order valence-electron chi connectivity index (χ3n) is 2.69. The first kappa shape index (κ1) is 16.5. The van der Waals surface area contributed by atoms with Gasteiger partial charge in [0, 0.05) is 12.6 Å². The average Bonchev–Trinajstić information content (AvgIpc) is 2.34. The Morgan fingerprint density at radius 1 is 1.30 bits per heavy atom. The number of rotatable bonds is 6. The van der Waals surface area contributed by atoms with Crippen molar-refractivity contribution in [3.8, 4) is 0 Å². The number of hydrogen-bond acceptors (Lipinski definition) is 5. The summed E-state index contributed by atoms with van der Waals surface area (Å²) in [4.78, 5) is 7.42. The van der Waals surface area contributed by atoms with Crippen molar-refractivity contribution >= 4 is 11.8 Å². The fourth-order valence-electron chi connectivity index (χ4n) is 1.52. The second-order valence-corrected chi connectivity index (χ2v) is 4.67. The zero-order valence-electron chi connectivity index (χ0n) is 11.6. The summed E-state index contributed by atoms with van der Waals surface area (Å²) in [5.41, 5.74) is -1.02. The van der Waals surface area contributed by atoms with Crippen molar-refractivity contribution < 1.29 is 18.3 Å². The maximum Gasteiger partial charge on any atom is 0.433 e. The van der Waals surface area contributed by atoms with Gasteiger partial charge in [0.2, 0.25) is 5.95 Å². The summed E-state index contributed by atoms with van der Waals surface area (Å²) in [5, 5.41) is 14.7. The number of aromatic nitrogens is 2. The molecule has 0 bridgehead atoms. The van der Waals surface area contributed by atoms with Gasteiger partial charge < -0.3 is 15.7 Å². The summed E-state index contributed by atoms with van der Waals surface area (Å²) in [5.74, 6) is -0.0259. The monoisotopic (exact) mass is 292 g/mol. The minimum atomic E-state index is -4.55. The molecule has 0 fully saturated rings. The lowest BCUT2D eigenvalue weighted by Gasteiger charge is -2.20. The van der Waals surface area contributed by atoms with Crippen LogP contribution in [0.1, 0.15) is 26.5 Å². The zero-order valence-corrected chi connectivity index (χ0v) is 11.6. The Labute approximate surface area is 115 Å². The molecule has 0 aliphatic heterocycles. The third-order valence-corrected chi connectivity index (χ3v) is 2.69. The van der Waals surface area contributed by atoms with Crippen LogP contribution in [0.15, 0.2) is 6.07 Å². The summed E-state index contributed by atoms with van der Waals surface area (Å²) < 4.78 is 38.3. The first-order valence-electron chi connectivity index (χ1n) is 6.35. The molecular formula is C12H19F3N4O. The first-order chi connectivity index (χ1) is 9.27. The molecule has 0 aliphatic rings. The fourth-order valence-corrected chi connectivity index (χ4v) is 1.52. The molecule has 1 heterocycles. The lowest BCUT2D eigenvalue weighted by atomic mass is 10.1. The molecule has 20 heavy (non-hydrogen) atoms. The molecule has 5 nitrogen and oxygen atoms in total. The Bertz CT molecular complexity index is 437. The minimum absolute atomic E-state index is 0.0285. The van der Waals surface area contributed by atoms with Crippen LogP contribution in [0.3, 0.4) is 0 Å². The standard InChI is InChI=1S/C12H19F3N4O/c1-4-16-10-5-9(12(13,14)15)18-11(19-10)17-8(6-20)7(2)3/h5,7-8,20H,4,6H2,1-3H3,(H2,16,17,18,19)/t8-/m1/s1. The smallest absolute Gasteiger partial charge is 0.394 e. The van der Waals surface area contributed by atoms with E-state index in [-0.39, 0.29) is 24.3 Å². The van der Waals surface area contributed by atoms with Gasteiger partial charge in [0.1, 0.15) is 5.82 Å². The molecule has 0 spiro atoms. The number of aliphatic hydroxyl groups excluding tert-OH is 1. The number of nitrogens with zero attached hydrogens (tertiary/aromatic N) is 2. The number of halogens is 3. The highest BCUT2D eigenvalue weighted by Crippen LogP contribution is 2.29. The second kappa shape index (κ2) is 6.74. The zero-order chi connectivity index (χ0) is 15.3. The molecule has 0 saturated heterocycles. The van der Waals surface area contributed by atoms with Crippen LogP contribution < -0.4 is 10.6 Å².